The van der Waals surface area contributed by atoms with Crippen LogP contribution >= 0.6 is 0 Å². The summed E-state index contributed by atoms with van der Waals surface area (Å²) in [6, 6.07) is 10.1. The van der Waals surface area contributed by atoms with Gasteiger partial charge in [-0.25, -0.2) is 14.0 Å². The number of nitrogen functional groups attached to an aromatic ring is 2. The molecule has 0 fully saturated rings. The molecule has 0 bridgehead atoms. The Morgan fingerprint density at radius 3 is 2.07 bits per heavy atom. The second-order valence-electron chi connectivity index (χ2n) is 9.02. The van der Waals surface area contributed by atoms with Gasteiger partial charge in [0.25, 0.3) is 0 Å². The molecule has 0 aliphatic rings. The number of alkyl halides is 5. The number of carbonyl (C=O) groups is 2. The molecule has 3 aromatic rings. The molecular weight excluding hydrogens is 605 g/mol. The fourth-order valence-electron chi connectivity index (χ4n) is 3.54. The van der Waals surface area contributed by atoms with E-state index in [9.17, 15) is 40.3 Å². The molecule has 44 heavy (non-hydrogen) atoms. The minimum absolute atomic E-state index is 0.125. The first-order valence-electron chi connectivity index (χ1n) is 12.7. The van der Waals surface area contributed by atoms with Crippen molar-refractivity contribution in [2.24, 2.45) is 0 Å². The number of anilines is 2. The predicted molar refractivity (Wildman–Crippen MR) is 144 cm³/mol. The van der Waals surface area contributed by atoms with Crippen LogP contribution in [-0.2, 0) is 20.4 Å². The number of halogens is 7. The van der Waals surface area contributed by atoms with E-state index in [-0.39, 0.29) is 30.2 Å². The van der Waals surface area contributed by atoms with E-state index in [4.69, 9.17) is 25.7 Å². The highest BCUT2D eigenvalue weighted by molar-refractivity contribution is 5.91. The summed E-state index contributed by atoms with van der Waals surface area (Å²) < 4.78 is 114. The molecule has 0 saturated carbocycles. The molecule has 0 aliphatic heterocycles. The van der Waals surface area contributed by atoms with E-state index in [1.807, 2.05) is 0 Å². The van der Waals surface area contributed by atoms with Gasteiger partial charge in [0.1, 0.15) is 24.5 Å². The Morgan fingerprint density at radius 2 is 1.43 bits per heavy atom. The molecule has 0 amide bonds. The molecule has 3 aromatic carbocycles. The second kappa shape index (κ2) is 14.5. The van der Waals surface area contributed by atoms with Gasteiger partial charge in [-0.05, 0) is 60.5 Å². The van der Waals surface area contributed by atoms with Crippen molar-refractivity contribution in [3.05, 3.63) is 89.0 Å². The van der Waals surface area contributed by atoms with Crippen LogP contribution in [0.5, 0.6) is 11.5 Å². The van der Waals surface area contributed by atoms with Crippen LogP contribution in [0.4, 0.5) is 42.1 Å². The van der Waals surface area contributed by atoms with E-state index in [0.29, 0.717) is 17.7 Å². The van der Waals surface area contributed by atoms with Gasteiger partial charge in [-0.15, -0.1) is 0 Å². The number of nitrogens with two attached hydrogens (primary N) is 2. The molecule has 4 N–H and O–H groups in total. The second-order valence-corrected chi connectivity index (χ2v) is 9.02. The van der Waals surface area contributed by atoms with Crippen molar-refractivity contribution in [3.63, 3.8) is 0 Å². The third-order valence-electron chi connectivity index (χ3n) is 5.53. The molecule has 0 atom stereocenters. The molecule has 0 aromatic heterocycles. The van der Waals surface area contributed by atoms with Crippen molar-refractivity contribution >= 4 is 29.4 Å². The Labute approximate surface area is 245 Å². The van der Waals surface area contributed by atoms with Crippen molar-refractivity contribution in [1.29, 1.82) is 0 Å². The minimum Gasteiger partial charge on any atom is -0.490 e. The van der Waals surface area contributed by atoms with Gasteiger partial charge in [0.2, 0.25) is 5.82 Å². The molecule has 0 unspecified atom stereocenters. The van der Waals surface area contributed by atoms with Crippen LogP contribution in [0.25, 0.3) is 6.08 Å². The van der Waals surface area contributed by atoms with Crippen molar-refractivity contribution < 1.29 is 59.3 Å². The van der Waals surface area contributed by atoms with Gasteiger partial charge >= 0.3 is 24.2 Å². The summed E-state index contributed by atoms with van der Waals surface area (Å²) >= 11 is 0. The van der Waals surface area contributed by atoms with Crippen LogP contribution < -0.4 is 20.9 Å². The monoisotopic (exact) mass is 630 g/mol. The SMILES string of the molecule is Nc1cc(N)cc(C(=O)OCCOC(=O)/C=C/c2ccc(OC(F)(F)c3ccc(OCCCC(F)(F)F)c(F)c3F)cc2)c1. The van der Waals surface area contributed by atoms with E-state index in [1.165, 1.54) is 36.4 Å². The number of hydrogen-bond donors (Lipinski definition) is 2. The molecule has 0 heterocycles. The molecule has 0 radical (unpaired) electrons. The van der Waals surface area contributed by atoms with Crippen LogP contribution in [0.2, 0.25) is 0 Å². The van der Waals surface area contributed by atoms with Crippen LogP contribution in [0.15, 0.2) is 60.7 Å². The first-order chi connectivity index (χ1) is 20.6. The summed E-state index contributed by atoms with van der Waals surface area (Å²) in [7, 11) is 0. The molecule has 0 aliphatic carbocycles. The normalized spacial score (nSPS) is 11.8. The summed E-state index contributed by atoms with van der Waals surface area (Å²) in [5.74, 6) is -6.60. The predicted octanol–water partition coefficient (Wildman–Crippen LogP) is 6.39. The quantitative estimate of drug-likeness (QED) is 0.0733. The summed E-state index contributed by atoms with van der Waals surface area (Å²) in [6.07, 6.45) is -8.26. The average molecular weight is 631 g/mol. The van der Waals surface area contributed by atoms with E-state index in [0.717, 1.165) is 18.2 Å². The van der Waals surface area contributed by atoms with Gasteiger partial charge in [0.05, 0.1) is 12.2 Å². The summed E-state index contributed by atoms with van der Waals surface area (Å²) in [5, 5.41) is 0. The lowest BCUT2D eigenvalue weighted by atomic mass is 10.1. The zero-order chi connectivity index (χ0) is 32.5. The lowest BCUT2D eigenvalue weighted by Crippen LogP contribution is -2.24. The van der Waals surface area contributed by atoms with E-state index >= 15 is 0 Å². The topological polar surface area (TPSA) is 123 Å². The summed E-state index contributed by atoms with van der Waals surface area (Å²) in [5.41, 5.74) is 10.8. The number of benzene rings is 3. The van der Waals surface area contributed by atoms with Crippen molar-refractivity contribution in [1.82, 2.24) is 0 Å². The van der Waals surface area contributed by atoms with Crippen molar-refractivity contribution in [2.75, 3.05) is 31.3 Å². The molecule has 3 rings (SSSR count). The largest absolute Gasteiger partial charge is 0.490 e. The van der Waals surface area contributed by atoms with Crippen LogP contribution in [0.1, 0.15) is 34.3 Å². The maximum atomic E-state index is 14.6. The molecule has 0 spiro atoms. The molecule has 236 valence electrons. The fourth-order valence-corrected chi connectivity index (χ4v) is 3.54. The van der Waals surface area contributed by atoms with E-state index in [1.54, 1.807) is 0 Å². The lowest BCUT2D eigenvalue weighted by Gasteiger charge is -2.20. The van der Waals surface area contributed by atoms with Gasteiger partial charge in [-0.3, -0.25) is 0 Å². The summed E-state index contributed by atoms with van der Waals surface area (Å²) in [4.78, 5) is 23.9. The third kappa shape index (κ3) is 10.1. The highest BCUT2D eigenvalue weighted by Gasteiger charge is 2.39. The first-order valence-corrected chi connectivity index (χ1v) is 12.7. The fraction of sp³-hybridized carbons (Fsp3) is 0.241. The van der Waals surface area contributed by atoms with Crippen LogP contribution in [-0.4, -0.2) is 37.9 Å². The van der Waals surface area contributed by atoms with Gasteiger partial charge < -0.3 is 30.4 Å². The Morgan fingerprint density at radius 1 is 0.795 bits per heavy atom. The molecule has 8 nitrogen and oxygen atoms in total. The summed E-state index contributed by atoms with van der Waals surface area (Å²) in [6.45, 7) is -1.14. The highest BCUT2D eigenvalue weighted by Crippen LogP contribution is 2.36. The average Bonchev–Trinajstić information content (AvgIpc) is 2.93. The zero-order valence-corrected chi connectivity index (χ0v) is 22.6. The van der Waals surface area contributed by atoms with Crippen LogP contribution in [0, 0.1) is 11.6 Å². The van der Waals surface area contributed by atoms with Gasteiger partial charge in [0.15, 0.2) is 11.6 Å². The van der Waals surface area contributed by atoms with Gasteiger partial charge in [-0.1, -0.05) is 12.1 Å². The van der Waals surface area contributed by atoms with Crippen molar-refractivity contribution in [2.45, 2.75) is 25.1 Å². The number of hydrogen-bond acceptors (Lipinski definition) is 8. The number of carbonyl (C=O) groups excluding carboxylic acids is 2. The lowest BCUT2D eigenvalue weighted by molar-refractivity contribution is -0.187. The highest BCUT2D eigenvalue weighted by atomic mass is 19.4. The van der Waals surface area contributed by atoms with Crippen LogP contribution in [0.3, 0.4) is 0 Å². The number of esters is 2. The van der Waals surface area contributed by atoms with Gasteiger partial charge in [0, 0.05) is 23.9 Å². The Hall–Kier alpha value is -4.95. The van der Waals surface area contributed by atoms with Crippen molar-refractivity contribution in [3.8, 4) is 11.5 Å². The number of ether oxygens (including phenoxy) is 4. The van der Waals surface area contributed by atoms with Gasteiger partial charge in [-0.2, -0.15) is 26.3 Å². The minimum atomic E-state index is -4.47. The number of rotatable bonds is 13. The maximum Gasteiger partial charge on any atom is 0.429 e. The Bertz CT molecular complexity index is 1470. The standard InChI is InChI=1S/C29H25F7N2O6/c30-25-22(7-8-23(26(25)31)41-11-1-10-28(32,33)34)29(35,36)44-21-5-2-17(3-6-21)4-9-24(39)42-12-13-43-27(40)18-14-19(37)16-20(38)15-18/h2-9,14-16H,1,10-13,37-38H2/b9-4+. The Kier molecular flexibility index (Phi) is 11.0. The zero-order valence-electron chi connectivity index (χ0n) is 22.6. The Balaban J connectivity index is 1.49. The van der Waals surface area contributed by atoms with E-state index < -0.39 is 72.4 Å². The molecule has 0 saturated heterocycles. The molecular formula is C29H25F7N2O6. The smallest absolute Gasteiger partial charge is 0.429 e. The third-order valence-corrected chi connectivity index (χ3v) is 5.53. The first kappa shape index (κ1) is 33.6. The van der Waals surface area contributed by atoms with E-state index in [2.05, 4.69) is 4.74 Å². The molecule has 15 heteroatoms. The maximum absolute atomic E-state index is 14.6.